The van der Waals surface area contributed by atoms with Crippen LogP contribution < -0.4 is 0 Å². The first-order valence-electron chi connectivity index (χ1n) is 7.76. The molecule has 114 valence electrons. The second kappa shape index (κ2) is 6.22. The van der Waals surface area contributed by atoms with Gasteiger partial charge in [0.1, 0.15) is 11.5 Å². The molecule has 2 heterocycles. The fraction of sp³-hybridized carbons (Fsp3) is 0.316. The van der Waals surface area contributed by atoms with Gasteiger partial charge < -0.3 is 9.32 Å². The molecular formula is C19H21NO2. The van der Waals surface area contributed by atoms with E-state index in [9.17, 15) is 4.79 Å². The van der Waals surface area contributed by atoms with Crippen LogP contribution >= 0.6 is 0 Å². The lowest BCUT2D eigenvalue weighted by atomic mass is 10.1. The molecule has 0 fully saturated rings. The summed E-state index contributed by atoms with van der Waals surface area (Å²) in [5, 5.41) is 0. The Bertz CT molecular complexity index is 685. The maximum absolute atomic E-state index is 12.6. The summed E-state index contributed by atoms with van der Waals surface area (Å²) in [7, 11) is 0. The van der Waals surface area contributed by atoms with Gasteiger partial charge in [-0.25, -0.2) is 0 Å². The summed E-state index contributed by atoms with van der Waals surface area (Å²) in [4.78, 5) is 14.5. The third-order valence-electron chi connectivity index (χ3n) is 4.15. The highest BCUT2D eigenvalue weighted by atomic mass is 16.3. The number of hydrogen-bond acceptors (Lipinski definition) is 2. The van der Waals surface area contributed by atoms with Gasteiger partial charge in [0.25, 0.3) is 5.91 Å². The number of unbranched alkanes of at least 4 members (excludes halogenated alkanes) is 1. The molecule has 0 atom stereocenters. The van der Waals surface area contributed by atoms with Crippen molar-refractivity contribution < 1.29 is 9.21 Å². The first kappa shape index (κ1) is 14.6. The fourth-order valence-electron chi connectivity index (χ4n) is 3.06. The second-order valence-corrected chi connectivity index (χ2v) is 5.76. The molecule has 0 radical (unpaired) electrons. The van der Waals surface area contributed by atoms with Gasteiger partial charge >= 0.3 is 0 Å². The Morgan fingerprint density at radius 1 is 1.32 bits per heavy atom. The Kier molecular flexibility index (Phi) is 4.14. The van der Waals surface area contributed by atoms with Crippen LogP contribution in [-0.4, -0.2) is 10.8 Å². The van der Waals surface area contributed by atoms with Crippen molar-refractivity contribution in [2.24, 2.45) is 0 Å². The summed E-state index contributed by atoms with van der Waals surface area (Å²) >= 11 is 0. The lowest BCUT2D eigenvalue weighted by Gasteiger charge is -2.16. The molecule has 0 unspecified atom stereocenters. The van der Waals surface area contributed by atoms with E-state index >= 15 is 0 Å². The topological polar surface area (TPSA) is 33.5 Å². The number of fused-ring (bicyclic) bond motifs is 1. The zero-order valence-corrected chi connectivity index (χ0v) is 13.0. The van der Waals surface area contributed by atoms with Crippen molar-refractivity contribution >= 4 is 5.91 Å². The molecular weight excluding hydrogens is 274 g/mol. The third kappa shape index (κ3) is 2.71. The molecule has 1 amide bonds. The van der Waals surface area contributed by atoms with Crippen LogP contribution in [0.4, 0.5) is 0 Å². The Hall–Kier alpha value is -2.29. The van der Waals surface area contributed by atoms with Crippen molar-refractivity contribution in [3.05, 3.63) is 71.2 Å². The van der Waals surface area contributed by atoms with E-state index in [0.717, 1.165) is 47.5 Å². The van der Waals surface area contributed by atoms with E-state index in [1.165, 1.54) is 0 Å². The minimum atomic E-state index is 0.0927. The molecule has 3 heteroatoms. The van der Waals surface area contributed by atoms with Crippen molar-refractivity contribution in [3.63, 3.8) is 0 Å². The number of nitrogens with zero attached hydrogens (tertiary/aromatic N) is 1. The van der Waals surface area contributed by atoms with Crippen LogP contribution in [0.3, 0.4) is 0 Å². The SMILES string of the molecule is C=CCCCc1oc(C)c2c1CN(Cc1ccccc1)C2=O. The predicted molar refractivity (Wildman–Crippen MR) is 86.6 cm³/mol. The van der Waals surface area contributed by atoms with Crippen molar-refractivity contribution in [2.75, 3.05) is 0 Å². The van der Waals surface area contributed by atoms with Crippen LogP contribution in [0.5, 0.6) is 0 Å². The Morgan fingerprint density at radius 3 is 2.82 bits per heavy atom. The summed E-state index contributed by atoms with van der Waals surface area (Å²) in [6, 6.07) is 10.1. The van der Waals surface area contributed by atoms with Gasteiger partial charge in [-0.15, -0.1) is 6.58 Å². The number of allylic oxidation sites excluding steroid dienone is 1. The molecule has 3 rings (SSSR count). The van der Waals surface area contributed by atoms with Gasteiger partial charge in [-0.1, -0.05) is 36.4 Å². The van der Waals surface area contributed by atoms with Gasteiger partial charge in [0.15, 0.2) is 0 Å². The second-order valence-electron chi connectivity index (χ2n) is 5.76. The summed E-state index contributed by atoms with van der Waals surface area (Å²) in [6.45, 7) is 6.95. The number of benzene rings is 1. The molecule has 0 spiro atoms. The Balaban J connectivity index is 1.78. The Morgan fingerprint density at radius 2 is 2.09 bits per heavy atom. The van der Waals surface area contributed by atoms with E-state index in [1.807, 2.05) is 36.1 Å². The highest BCUT2D eigenvalue weighted by Crippen LogP contribution is 2.33. The van der Waals surface area contributed by atoms with Gasteiger partial charge in [-0.2, -0.15) is 0 Å². The summed E-state index contributed by atoms with van der Waals surface area (Å²) in [5.41, 5.74) is 3.02. The highest BCUT2D eigenvalue weighted by Gasteiger charge is 2.34. The molecule has 3 nitrogen and oxygen atoms in total. The largest absolute Gasteiger partial charge is 0.465 e. The number of carbonyl (C=O) groups is 1. The number of amides is 1. The van der Waals surface area contributed by atoms with Crippen LogP contribution in [0.1, 0.15) is 45.8 Å². The van der Waals surface area contributed by atoms with Crippen LogP contribution in [0.25, 0.3) is 0 Å². The normalized spacial score (nSPS) is 13.5. The number of hydrogen-bond donors (Lipinski definition) is 0. The van der Waals surface area contributed by atoms with E-state index in [4.69, 9.17) is 4.42 Å². The zero-order valence-electron chi connectivity index (χ0n) is 13.0. The van der Waals surface area contributed by atoms with E-state index in [2.05, 4.69) is 18.7 Å². The molecule has 2 aromatic rings. The van der Waals surface area contributed by atoms with Gasteiger partial charge in [0.05, 0.1) is 12.1 Å². The molecule has 0 N–H and O–H groups in total. The van der Waals surface area contributed by atoms with E-state index in [-0.39, 0.29) is 5.91 Å². The van der Waals surface area contributed by atoms with Crippen LogP contribution in [0.15, 0.2) is 47.4 Å². The molecule has 1 aromatic carbocycles. The van der Waals surface area contributed by atoms with Crippen molar-refractivity contribution in [2.45, 2.75) is 39.3 Å². The van der Waals surface area contributed by atoms with Gasteiger partial charge in [-0.3, -0.25) is 4.79 Å². The standard InChI is InChI=1S/C19H21NO2/c1-3-4-6-11-17-16-13-20(12-15-9-7-5-8-10-15)19(21)18(16)14(2)22-17/h3,5,7-10H,1,4,6,11-13H2,2H3. The molecule has 22 heavy (non-hydrogen) atoms. The van der Waals surface area contributed by atoms with Crippen LogP contribution in [-0.2, 0) is 19.5 Å². The van der Waals surface area contributed by atoms with Crippen LogP contribution in [0, 0.1) is 6.92 Å². The molecule has 0 bridgehead atoms. The molecule has 1 aliphatic heterocycles. The van der Waals surface area contributed by atoms with Crippen molar-refractivity contribution in [1.29, 1.82) is 0 Å². The highest BCUT2D eigenvalue weighted by molar-refractivity contribution is 5.99. The molecule has 0 saturated carbocycles. The first-order valence-corrected chi connectivity index (χ1v) is 7.76. The minimum Gasteiger partial charge on any atom is -0.465 e. The zero-order chi connectivity index (χ0) is 15.5. The molecule has 0 saturated heterocycles. The van der Waals surface area contributed by atoms with E-state index in [0.29, 0.717) is 13.1 Å². The van der Waals surface area contributed by atoms with E-state index in [1.54, 1.807) is 0 Å². The first-order chi connectivity index (χ1) is 10.7. The lowest BCUT2D eigenvalue weighted by Crippen LogP contribution is -2.23. The average Bonchev–Trinajstić information content (AvgIpc) is 3.00. The lowest BCUT2D eigenvalue weighted by molar-refractivity contribution is 0.0762. The molecule has 1 aliphatic rings. The van der Waals surface area contributed by atoms with Gasteiger partial charge in [-0.05, 0) is 25.3 Å². The summed E-state index contributed by atoms with van der Waals surface area (Å²) < 4.78 is 5.82. The monoisotopic (exact) mass is 295 g/mol. The van der Waals surface area contributed by atoms with Gasteiger partial charge in [0, 0.05) is 18.5 Å². The van der Waals surface area contributed by atoms with E-state index < -0.39 is 0 Å². The smallest absolute Gasteiger partial charge is 0.258 e. The van der Waals surface area contributed by atoms with Crippen LogP contribution in [0.2, 0.25) is 0 Å². The number of rotatable bonds is 6. The fourth-order valence-corrected chi connectivity index (χ4v) is 3.06. The third-order valence-corrected chi connectivity index (χ3v) is 4.15. The minimum absolute atomic E-state index is 0.0927. The number of carbonyl (C=O) groups excluding carboxylic acids is 1. The maximum Gasteiger partial charge on any atom is 0.258 e. The molecule has 0 aliphatic carbocycles. The number of furan rings is 1. The maximum atomic E-state index is 12.6. The average molecular weight is 295 g/mol. The summed E-state index contributed by atoms with van der Waals surface area (Å²) in [5.74, 6) is 1.82. The Labute approximate surface area is 131 Å². The molecule has 1 aromatic heterocycles. The van der Waals surface area contributed by atoms with Gasteiger partial charge in [0.2, 0.25) is 0 Å². The predicted octanol–water partition coefficient (Wildman–Crippen LogP) is 4.25. The van der Waals surface area contributed by atoms with Crippen molar-refractivity contribution in [1.82, 2.24) is 4.90 Å². The quantitative estimate of drug-likeness (QED) is 0.589. The summed E-state index contributed by atoms with van der Waals surface area (Å²) in [6.07, 6.45) is 4.77. The van der Waals surface area contributed by atoms with Crippen molar-refractivity contribution in [3.8, 4) is 0 Å². The number of aryl methyl sites for hydroxylation is 2.